The Kier molecular flexibility index (Phi) is 10.8. The minimum Gasteiger partial charge on any atom is -0.497 e. The molecule has 1 saturated carbocycles. The smallest absolute Gasteiger partial charge is 0.312 e. The van der Waals surface area contributed by atoms with E-state index in [1.165, 1.54) is 54.4 Å². The van der Waals surface area contributed by atoms with Crippen molar-refractivity contribution < 1.29 is 72.0 Å². The molecule has 0 bridgehead atoms. The van der Waals surface area contributed by atoms with Gasteiger partial charge in [0.15, 0.2) is 17.3 Å². The summed E-state index contributed by atoms with van der Waals surface area (Å²) in [6.45, 7) is 2.05. The Morgan fingerprint density at radius 1 is 0.906 bits per heavy atom. The van der Waals surface area contributed by atoms with Gasteiger partial charge in [-0.1, -0.05) is 42.5 Å². The first kappa shape index (κ1) is 37.8. The lowest BCUT2D eigenvalue weighted by atomic mass is 9.70. The molecule has 0 radical (unpaired) electrons. The molecular formula is C38H42O15. The molecule has 1 saturated heterocycles. The second-order valence-corrected chi connectivity index (χ2v) is 12.8. The van der Waals surface area contributed by atoms with E-state index in [-0.39, 0.29) is 36.0 Å². The predicted molar refractivity (Wildman–Crippen MR) is 181 cm³/mol. The van der Waals surface area contributed by atoms with E-state index < -0.39 is 71.8 Å². The molecule has 0 aromatic heterocycles. The van der Waals surface area contributed by atoms with Crippen LogP contribution in [0.15, 0.2) is 66.7 Å². The molecule has 1 aliphatic carbocycles. The van der Waals surface area contributed by atoms with Gasteiger partial charge in [0.1, 0.15) is 41.8 Å². The van der Waals surface area contributed by atoms with Crippen molar-refractivity contribution in [1.29, 1.82) is 0 Å². The van der Waals surface area contributed by atoms with Crippen molar-refractivity contribution in [3.63, 3.8) is 0 Å². The van der Waals surface area contributed by atoms with Crippen LogP contribution in [0.1, 0.15) is 36.5 Å². The Morgan fingerprint density at radius 2 is 1.62 bits per heavy atom. The molecule has 2 N–H and O–H groups in total. The number of carbonyl (C=O) groups is 3. The van der Waals surface area contributed by atoms with Crippen LogP contribution in [0.3, 0.4) is 0 Å². The molecule has 53 heavy (non-hydrogen) atoms. The van der Waals surface area contributed by atoms with Gasteiger partial charge in [-0.05, 0) is 23.3 Å². The van der Waals surface area contributed by atoms with Crippen molar-refractivity contribution in [2.75, 3.05) is 41.7 Å². The third kappa shape index (κ3) is 6.52. The molecule has 2 fully saturated rings. The van der Waals surface area contributed by atoms with Crippen LogP contribution in [0.4, 0.5) is 0 Å². The number of hydrogen-bond donors (Lipinski definition) is 2. The highest BCUT2D eigenvalue weighted by Crippen LogP contribution is 2.70. The molecular weight excluding hydrogens is 696 g/mol. The lowest BCUT2D eigenvalue weighted by Gasteiger charge is -2.40. The second-order valence-electron chi connectivity index (χ2n) is 12.8. The first-order valence-electron chi connectivity index (χ1n) is 16.8. The second kappa shape index (κ2) is 15.2. The van der Waals surface area contributed by atoms with E-state index in [1.54, 1.807) is 48.5 Å². The molecule has 3 aliphatic rings. The zero-order chi connectivity index (χ0) is 38.1. The van der Waals surface area contributed by atoms with Crippen molar-refractivity contribution in [3.05, 3.63) is 83.4 Å². The van der Waals surface area contributed by atoms with E-state index in [2.05, 4.69) is 0 Å². The van der Waals surface area contributed by atoms with E-state index in [9.17, 15) is 24.6 Å². The Hall–Kier alpha value is -4.93. The van der Waals surface area contributed by atoms with E-state index >= 15 is 0 Å². The molecule has 3 aromatic carbocycles. The van der Waals surface area contributed by atoms with Gasteiger partial charge in [-0.2, -0.15) is 0 Å². The minimum atomic E-state index is -2.29. The fraction of sp³-hybridized carbons (Fsp3) is 0.447. The van der Waals surface area contributed by atoms with Crippen LogP contribution < -0.4 is 18.9 Å². The highest BCUT2D eigenvalue weighted by molar-refractivity contribution is 5.78. The zero-order valence-corrected chi connectivity index (χ0v) is 30.0. The third-order valence-electron chi connectivity index (χ3n) is 9.82. The van der Waals surface area contributed by atoms with E-state index in [0.29, 0.717) is 16.9 Å². The Balaban J connectivity index is 1.45. The van der Waals surface area contributed by atoms with Crippen molar-refractivity contribution >= 4 is 17.9 Å². The average molecular weight is 739 g/mol. The van der Waals surface area contributed by atoms with E-state index in [1.807, 2.05) is 6.07 Å². The summed E-state index contributed by atoms with van der Waals surface area (Å²) in [6.07, 6.45) is -6.04. The molecule has 0 unspecified atom stereocenters. The van der Waals surface area contributed by atoms with Gasteiger partial charge in [0.2, 0.25) is 6.29 Å². The number of hydrogen-bond acceptors (Lipinski definition) is 15. The number of benzene rings is 3. The number of rotatable bonds is 12. The lowest BCUT2D eigenvalue weighted by Crippen LogP contribution is -2.53. The quantitative estimate of drug-likeness (QED) is 0.204. The molecule has 3 aromatic rings. The Labute approximate surface area is 305 Å². The normalized spacial score (nSPS) is 29.1. The van der Waals surface area contributed by atoms with Gasteiger partial charge in [-0.25, -0.2) is 0 Å². The molecule has 6 rings (SSSR count). The largest absolute Gasteiger partial charge is 0.497 e. The zero-order valence-electron chi connectivity index (χ0n) is 30.0. The van der Waals surface area contributed by atoms with Crippen LogP contribution >= 0.6 is 0 Å². The number of aliphatic hydroxyl groups is 2. The van der Waals surface area contributed by atoms with Crippen molar-refractivity contribution in [2.24, 2.45) is 5.92 Å². The number of aliphatic hydroxyl groups excluding tert-OH is 1. The van der Waals surface area contributed by atoms with Gasteiger partial charge in [-0.3, -0.25) is 14.4 Å². The van der Waals surface area contributed by atoms with Crippen LogP contribution in [-0.2, 0) is 54.0 Å². The third-order valence-corrected chi connectivity index (χ3v) is 9.82. The number of esters is 3. The molecule has 15 nitrogen and oxygen atoms in total. The number of methoxy groups -OCH3 is 4. The topological polar surface area (TPSA) is 184 Å². The summed E-state index contributed by atoms with van der Waals surface area (Å²) in [5.74, 6) is -3.45. The summed E-state index contributed by atoms with van der Waals surface area (Å²) in [5, 5.41) is 25.3. The molecule has 0 spiro atoms. The first-order chi connectivity index (χ1) is 25.4. The number of carbonyl (C=O) groups excluding carboxylic acids is 3. The maximum absolute atomic E-state index is 13.6. The monoisotopic (exact) mass is 738 g/mol. The molecule has 284 valence electrons. The van der Waals surface area contributed by atoms with Crippen LogP contribution in [0.2, 0.25) is 0 Å². The summed E-state index contributed by atoms with van der Waals surface area (Å²) >= 11 is 0. The van der Waals surface area contributed by atoms with E-state index in [4.69, 9.17) is 47.4 Å². The average Bonchev–Trinajstić information content (AvgIpc) is 3.54. The first-order valence-corrected chi connectivity index (χ1v) is 16.8. The number of fused-ring (bicyclic) bond motifs is 3. The molecule has 2 heterocycles. The van der Waals surface area contributed by atoms with Gasteiger partial charge < -0.3 is 57.6 Å². The maximum Gasteiger partial charge on any atom is 0.312 e. The van der Waals surface area contributed by atoms with Gasteiger partial charge in [0.05, 0.1) is 39.4 Å². The maximum atomic E-state index is 13.6. The number of ether oxygens (including phenoxy) is 10. The van der Waals surface area contributed by atoms with Crippen LogP contribution in [0, 0.1) is 5.92 Å². The highest BCUT2D eigenvalue weighted by Gasteiger charge is 2.78. The fourth-order valence-corrected chi connectivity index (χ4v) is 7.62. The summed E-state index contributed by atoms with van der Waals surface area (Å²) < 4.78 is 57.5. The van der Waals surface area contributed by atoms with Crippen LogP contribution in [-0.4, -0.2) is 101 Å². The van der Waals surface area contributed by atoms with Crippen LogP contribution in [0.25, 0.3) is 0 Å². The fourth-order valence-electron chi connectivity index (χ4n) is 7.62. The molecule has 2 aliphatic heterocycles. The molecule has 0 amide bonds. The predicted octanol–water partition coefficient (Wildman–Crippen LogP) is 2.71. The Bertz CT molecular complexity index is 1800. The van der Waals surface area contributed by atoms with Gasteiger partial charge in [0, 0.05) is 39.0 Å². The minimum absolute atomic E-state index is 0.0571. The van der Waals surface area contributed by atoms with Gasteiger partial charge >= 0.3 is 17.9 Å². The van der Waals surface area contributed by atoms with Crippen molar-refractivity contribution in [2.45, 2.75) is 61.9 Å². The van der Waals surface area contributed by atoms with Crippen LogP contribution in [0.5, 0.6) is 23.0 Å². The van der Waals surface area contributed by atoms with Gasteiger partial charge in [0.25, 0.3) is 6.29 Å². The summed E-state index contributed by atoms with van der Waals surface area (Å²) in [6, 6.07) is 18.7. The summed E-state index contributed by atoms with van der Waals surface area (Å²) in [4.78, 5) is 37.0. The summed E-state index contributed by atoms with van der Waals surface area (Å²) in [7, 11) is 5.49. The molecule has 9 atom stereocenters. The van der Waals surface area contributed by atoms with Crippen molar-refractivity contribution in [1.82, 2.24) is 0 Å². The van der Waals surface area contributed by atoms with E-state index in [0.717, 1.165) is 0 Å². The summed E-state index contributed by atoms with van der Waals surface area (Å²) in [5.41, 5.74) is -3.03. The highest BCUT2D eigenvalue weighted by atomic mass is 16.8. The lowest BCUT2D eigenvalue weighted by molar-refractivity contribution is -0.325. The van der Waals surface area contributed by atoms with Crippen molar-refractivity contribution in [3.8, 4) is 23.0 Å². The Morgan fingerprint density at radius 3 is 2.23 bits per heavy atom. The van der Waals surface area contributed by atoms with Gasteiger partial charge in [-0.15, -0.1) is 0 Å². The molecule has 15 heteroatoms. The standard InChI is InChI=1S/C38H42O15/c1-20(39)48-18-28(50-21(2)40)29-19-49-35(47-6)36(52-29)51-25-16-26(45-4)32-27(17-25)53-38(23-12-14-24(44-3)15-13-23)31(22-10-8-7-9-11-22)30(34(42)46-5)33(41)37(32,38)43/h7-17,28-31,33,35-36,41,43H,18-19H2,1-6H3/t28-,29-,30-,31-,33-,35-,36-,37+,38+/m1/s1. The SMILES string of the molecule is COC(=O)[C@H]1[C@@H](O)[C@@]2(O)c3c(OC)cc(O[C@@H]4O[C@@H]([C@@H](COC(C)=O)OC(C)=O)CO[C@H]4OC)cc3O[C@@]2(c2ccc(OC)cc2)[C@@H]1c1ccccc1.